The Morgan fingerprint density at radius 2 is 1.04 bits per heavy atom. The number of quaternary nitrogens is 1. The Labute approximate surface area is 150 Å². The van der Waals surface area contributed by atoms with Crippen LogP contribution < -0.4 is 16.0 Å². The van der Waals surface area contributed by atoms with Gasteiger partial charge < -0.3 is 60.2 Å². The maximum absolute atomic E-state index is 6.75. The molecule has 0 aromatic carbocycles. The van der Waals surface area contributed by atoms with Gasteiger partial charge in [-0.2, -0.15) is 0 Å². The smallest absolute Gasteiger partial charge is 0.373 e. The van der Waals surface area contributed by atoms with Gasteiger partial charge in [0, 0.05) is 13.0 Å². The summed E-state index contributed by atoms with van der Waals surface area (Å²) in [7, 11) is 4.36. The van der Waals surface area contributed by atoms with Gasteiger partial charge in [-0.05, 0) is 19.5 Å². The summed E-state index contributed by atoms with van der Waals surface area (Å²) >= 11 is 0. The minimum absolute atomic E-state index is 0. The zero-order valence-corrected chi connectivity index (χ0v) is 14.6. The summed E-state index contributed by atoms with van der Waals surface area (Å²) in [6, 6.07) is 0. The number of rotatable bonds is 7. The molecule has 0 fully saturated rings. The Morgan fingerprint density at radius 1 is 0.750 bits per heavy atom. The topological polar surface area (TPSA) is 277 Å². The quantitative estimate of drug-likeness (QED) is 0.255. The number of hydrogen-bond acceptors (Lipinski definition) is 2. The summed E-state index contributed by atoms with van der Waals surface area (Å²) in [5.74, 6) is 0. The van der Waals surface area contributed by atoms with Crippen molar-refractivity contribution in [1.29, 1.82) is 0 Å². The summed E-state index contributed by atoms with van der Waals surface area (Å²) in [5.41, 5.74) is 59.3. The van der Waals surface area contributed by atoms with Gasteiger partial charge in [-0.3, -0.25) is 19.6 Å². The molecule has 0 unspecified atom stereocenters. The largest absolute Gasteiger partial charge is 3.00 e. The first-order chi connectivity index (χ1) is 10.9. The third-order valence-electron chi connectivity index (χ3n) is 1.59. The molecule has 0 heterocycles. The normalized spacial score (nSPS) is 6.33. The molecule has 0 saturated heterocycles. The summed E-state index contributed by atoms with van der Waals surface area (Å²) < 4.78 is 0. The molecule has 0 aromatic heterocycles. The fourth-order valence-corrected chi connectivity index (χ4v) is 0.919. The number of nitrogens with two attached hydrogens (primary N) is 1. The van der Waals surface area contributed by atoms with E-state index >= 15 is 0 Å². The van der Waals surface area contributed by atoms with Crippen LogP contribution in [0, 0.1) is 0 Å². The standard InChI is InChI=1S/C8H21N3.Co.4N3/c1-11(2)8-4-7-10-6-3-5-9;;4*1-3-2/h10H,3-9H2,1-2H3;;;;;/q;+3;4*-1/p+1. The van der Waals surface area contributed by atoms with Crippen LogP contribution in [-0.4, -0.2) is 40.3 Å². The summed E-state index contributed by atoms with van der Waals surface area (Å²) in [6.45, 7) is 4.24. The van der Waals surface area contributed by atoms with Crippen LogP contribution in [0.4, 0.5) is 0 Å². The monoisotopic (exact) mass is 387 g/mol. The zero-order chi connectivity index (χ0) is 19.4. The average Bonchev–Trinajstić information content (AvgIpc) is 2.46. The molecule has 16 heteroatoms. The van der Waals surface area contributed by atoms with Crippen molar-refractivity contribution >= 4 is 0 Å². The van der Waals surface area contributed by atoms with Crippen LogP contribution in [0.15, 0.2) is 0 Å². The van der Waals surface area contributed by atoms with E-state index in [2.05, 4.69) is 19.4 Å². The second-order valence-corrected chi connectivity index (χ2v) is 3.56. The molecule has 0 bridgehead atoms. The molecule has 0 spiro atoms. The molecular weight excluding hydrogens is 365 g/mol. The summed E-state index contributed by atoms with van der Waals surface area (Å²) in [6.07, 6.45) is 2.35. The van der Waals surface area contributed by atoms with E-state index in [-0.39, 0.29) is 16.8 Å². The third kappa shape index (κ3) is 215. The Balaban J connectivity index is -0.0000000518. The first kappa shape index (κ1) is 37.7. The van der Waals surface area contributed by atoms with Crippen molar-refractivity contribution in [1.82, 2.24) is 5.32 Å². The molecule has 0 rings (SSSR count). The Hall–Kier alpha value is -2.37. The molecule has 0 saturated carbocycles. The second kappa shape index (κ2) is 58.8. The van der Waals surface area contributed by atoms with Gasteiger partial charge >= 0.3 is 16.8 Å². The molecule has 0 amide bonds. The van der Waals surface area contributed by atoms with E-state index in [1.54, 1.807) is 0 Å². The molecule has 24 heavy (non-hydrogen) atoms. The van der Waals surface area contributed by atoms with Crippen LogP contribution in [0.3, 0.4) is 0 Å². The van der Waals surface area contributed by atoms with Crippen LogP contribution in [0.5, 0.6) is 0 Å². The Kier molecular flexibility index (Phi) is 92.3. The van der Waals surface area contributed by atoms with Gasteiger partial charge in [0.25, 0.3) is 0 Å². The van der Waals surface area contributed by atoms with E-state index in [0.29, 0.717) is 0 Å². The molecular formula is C8H22CoN15. The third-order valence-corrected chi connectivity index (χ3v) is 1.59. The van der Waals surface area contributed by atoms with Crippen molar-refractivity contribution in [2.24, 2.45) is 5.73 Å². The van der Waals surface area contributed by atoms with Gasteiger partial charge in [-0.15, -0.1) is 0 Å². The number of hydrogen-bond donors (Lipinski definition) is 3. The molecule has 0 atom stereocenters. The van der Waals surface area contributed by atoms with Crippen LogP contribution in [-0.2, 0) is 16.8 Å². The minimum atomic E-state index is 0. The predicted molar refractivity (Wildman–Crippen MR) is 89.1 cm³/mol. The fraction of sp³-hybridized carbons (Fsp3) is 1.00. The van der Waals surface area contributed by atoms with Crippen LogP contribution in [0.1, 0.15) is 12.8 Å². The van der Waals surface area contributed by atoms with E-state index in [1.165, 1.54) is 37.5 Å². The average molecular weight is 387 g/mol. The van der Waals surface area contributed by atoms with Crippen LogP contribution in [0.25, 0.3) is 63.9 Å². The first-order valence-corrected chi connectivity index (χ1v) is 6.07. The first-order valence-electron chi connectivity index (χ1n) is 6.07. The van der Waals surface area contributed by atoms with E-state index in [4.69, 9.17) is 50.0 Å². The maximum atomic E-state index is 6.75. The van der Waals surface area contributed by atoms with Crippen molar-refractivity contribution in [3.63, 3.8) is 0 Å². The van der Waals surface area contributed by atoms with Crippen molar-refractivity contribution < 1.29 is 21.7 Å². The van der Waals surface area contributed by atoms with Gasteiger partial charge in [0.05, 0.1) is 20.6 Å². The van der Waals surface area contributed by atoms with Gasteiger partial charge in [-0.1, -0.05) is 0 Å². The van der Waals surface area contributed by atoms with Crippen LogP contribution >= 0.6 is 0 Å². The van der Waals surface area contributed by atoms with E-state index in [9.17, 15) is 0 Å². The Bertz CT molecular complexity index is 283. The molecule has 0 radical (unpaired) electrons. The zero-order valence-electron chi connectivity index (χ0n) is 13.5. The van der Waals surface area contributed by atoms with Gasteiger partial charge in [0.15, 0.2) is 0 Å². The summed E-state index contributed by atoms with van der Waals surface area (Å²) in [5, 5.41) is 3.35. The molecule has 0 aliphatic rings. The van der Waals surface area contributed by atoms with E-state index in [1.807, 2.05) is 0 Å². The van der Waals surface area contributed by atoms with Gasteiger partial charge in [0.2, 0.25) is 0 Å². The molecule has 0 aliphatic carbocycles. The fourth-order valence-electron chi connectivity index (χ4n) is 0.919. The Morgan fingerprint density at radius 3 is 1.29 bits per heavy atom. The van der Waals surface area contributed by atoms with Crippen LogP contribution in [0.2, 0.25) is 0 Å². The van der Waals surface area contributed by atoms with Crippen molar-refractivity contribution in [2.45, 2.75) is 12.8 Å². The molecule has 4 N–H and O–H groups in total. The van der Waals surface area contributed by atoms with Crippen molar-refractivity contribution in [3.05, 3.63) is 63.9 Å². The molecule has 0 aromatic rings. The number of nitrogens with zero attached hydrogens (tertiary/aromatic N) is 12. The molecule has 15 nitrogen and oxygen atoms in total. The molecule has 138 valence electrons. The van der Waals surface area contributed by atoms with Gasteiger partial charge in [0.1, 0.15) is 0 Å². The number of nitrogens with one attached hydrogen (secondary N) is 2. The van der Waals surface area contributed by atoms with E-state index in [0.717, 1.165) is 26.1 Å². The van der Waals surface area contributed by atoms with Crippen molar-refractivity contribution in [3.8, 4) is 0 Å². The van der Waals surface area contributed by atoms with E-state index < -0.39 is 0 Å². The predicted octanol–water partition coefficient (Wildman–Crippen LogP) is 1.92. The van der Waals surface area contributed by atoms with Crippen molar-refractivity contribution in [2.75, 3.05) is 40.3 Å². The second-order valence-electron chi connectivity index (χ2n) is 3.56. The maximum Gasteiger partial charge on any atom is 3.00 e. The van der Waals surface area contributed by atoms with Gasteiger partial charge in [-0.25, -0.2) is 0 Å². The summed E-state index contributed by atoms with van der Waals surface area (Å²) in [4.78, 5) is 7.52. The SMILES string of the molecule is C[NH+](C)CCCNCCCN.[Co+3].[N-]=[N+]=[N-].[N-]=[N+]=[N-].[N-]=[N+]=[N-].[N-]=[N+]=[N-]. The molecule has 0 aliphatic heterocycles. The minimum Gasteiger partial charge on any atom is -0.373 e.